The van der Waals surface area contributed by atoms with Crippen LogP contribution in [0.2, 0.25) is 0 Å². The van der Waals surface area contributed by atoms with Crippen LogP contribution in [-0.4, -0.2) is 26.3 Å². The highest BCUT2D eigenvalue weighted by Crippen LogP contribution is 2.31. The van der Waals surface area contributed by atoms with Crippen molar-refractivity contribution in [2.75, 3.05) is 20.3 Å². The van der Waals surface area contributed by atoms with Crippen molar-refractivity contribution >= 4 is 0 Å². The van der Waals surface area contributed by atoms with Crippen LogP contribution in [0.3, 0.4) is 0 Å². The van der Waals surface area contributed by atoms with Gasteiger partial charge in [-0.15, -0.1) is 0 Å². The molecule has 0 bridgehead atoms. The Labute approximate surface area is 129 Å². The number of nitrogens with one attached hydrogen (secondary N) is 1. The van der Waals surface area contributed by atoms with Crippen LogP contribution in [-0.2, 0) is 0 Å². The predicted octanol–water partition coefficient (Wildman–Crippen LogP) is 3.88. The average molecular weight is 291 g/mol. The first-order valence-electron chi connectivity index (χ1n) is 8.00. The molecule has 0 saturated heterocycles. The molecule has 1 aromatic rings. The van der Waals surface area contributed by atoms with E-state index in [9.17, 15) is 0 Å². The Morgan fingerprint density at radius 1 is 1.19 bits per heavy atom. The maximum absolute atomic E-state index is 5.92. The van der Waals surface area contributed by atoms with Crippen molar-refractivity contribution in [3.63, 3.8) is 0 Å². The molecule has 0 radical (unpaired) electrons. The summed E-state index contributed by atoms with van der Waals surface area (Å²) in [6.07, 6.45) is 3.74. The predicted molar refractivity (Wildman–Crippen MR) is 87.1 cm³/mol. The second kappa shape index (κ2) is 7.17. The molecule has 0 amide bonds. The highest BCUT2D eigenvalue weighted by Gasteiger charge is 2.28. The van der Waals surface area contributed by atoms with E-state index in [-0.39, 0.29) is 0 Å². The maximum atomic E-state index is 5.92. The zero-order chi connectivity index (χ0) is 15.3. The second-order valence-electron chi connectivity index (χ2n) is 7.03. The van der Waals surface area contributed by atoms with Crippen molar-refractivity contribution in [3.8, 4) is 11.5 Å². The first-order valence-corrected chi connectivity index (χ1v) is 8.00. The van der Waals surface area contributed by atoms with Crippen LogP contribution >= 0.6 is 0 Å². The van der Waals surface area contributed by atoms with Gasteiger partial charge in [-0.3, -0.25) is 0 Å². The van der Waals surface area contributed by atoms with Gasteiger partial charge in [-0.1, -0.05) is 32.9 Å². The molecule has 1 N–H and O–H groups in total. The van der Waals surface area contributed by atoms with Gasteiger partial charge >= 0.3 is 0 Å². The molecule has 1 aliphatic carbocycles. The van der Waals surface area contributed by atoms with Crippen LogP contribution in [0, 0.1) is 11.3 Å². The minimum atomic E-state index is 0.298. The normalized spacial score (nSPS) is 16.6. The van der Waals surface area contributed by atoms with Gasteiger partial charge < -0.3 is 14.8 Å². The molecule has 0 spiro atoms. The molecule has 3 nitrogen and oxygen atoms in total. The number of hydrogen-bond acceptors (Lipinski definition) is 3. The topological polar surface area (TPSA) is 30.5 Å². The SMILES string of the molecule is COc1ccccc1OCCC(CNC1CC1)C(C)(C)C. The summed E-state index contributed by atoms with van der Waals surface area (Å²) < 4.78 is 11.2. The van der Waals surface area contributed by atoms with Gasteiger partial charge in [0.25, 0.3) is 0 Å². The second-order valence-corrected chi connectivity index (χ2v) is 7.03. The summed E-state index contributed by atoms with van der Waals surface area (Å²) in [6.45, 7) is 8.76. The lowest BCUT2D eigenvalue weighted by atomic mass is 9.79. The fourth-order valence-electron chi connectivity index (χ4n) is 2.49. The van der Waals surface area contributed by atoms with Gasteiger partial charge in [-0.05, 0) is 49.3 Å². The molecule has 21 heavy (non-hydrogen) atoms. The van der Waals surface area contributed by atoms with Crippen molar-refractivity contribution < 1.29 is 9.47 Å². The van der Waals surface area contributed by atoms with Crippen molar-refractivity contribution in [2.45, 2.75) is 46.1 Å². The van der Waals surface area contributed by atoms with Crippen LogP contribution in [0.15, 0.2) is 24.3 Å². The Hall–Kier alpha value is -1.22. The van der Waals surface area contributed by atoms with Gasteiger partial charge in [-0.2, -0.15) is 0 Å². The van der Waals surface area contributed by atoms with E-state index < -0.39 is 0 Å². The van der Waals surface area contributed by atoms with Crippen LogP contribution in [0.4, 0.5) is 0 Å². The third kappa shape index (κ3) is 5.24. The summed E-state index contributed by atoms with van der Waals surface area (Å²) in [5.74, 6) is 2.26. The zero-order valence-corrected chi connectivity index (χ0v) is 13.8. The summed E-state index contributed by atoms with van der Waals surface area (Å²) in [6, 6.07) is 8.61. The van der Waals surface area contributed by atoms with Crippen LogP contribution < -0.4 is 14.8 Å². The number of para-hydroxylation sites is 2. The van der Waals surface area contributed by atoms with Crippen LogP contribution in [0.5, 0.6) is 11.5 Å². The van der Waals surface area contributed by atoms with E-state index in [1.165, 1.54) is 12.8 Å². The molecule has 1 aromatic carbocycles. The Morgan fingerprint density at radius 3 is 2.43 bits per heavy atom. The lowest BCUT2D eigenvalue weighted by Crippen LogP contribution is -2.34. The summed E-state index contributed by atoms with van der Waals surface area (Å²) in [7, 11) is 1.68. The van der Waals surface area contributed by atoms with E-state index in [4.69, 9.17) is 9.47 Å². The highest BCUT2D eigenvalue weighted by molar-refractivity contribution is 5.39. The number of benzene rings is 1. The molecular weight excluding hydrogens is 262 g/mol. The monoisotopic (exact) mass is 291 g/mol. The Balaban J connectivity index is 1.82. The maximum Gasteiger partial charge on any atom is 0.161 e. The number of rotatable bonds is 8. The molecule has 1 aliphatic rings. The largest absolute Gasteiger partial charge is 0.493 e. The summed E-state index contributed by atoms with van der Waals surface area (Å²) in [5, 5.41) is 3.65. The minimum absolute atomic E-state index is 0.298. The number of methoxy groups -OCH3 is 1. The molecule has 0 aliphatic heterocycles. The van der Waals surface area contributed by atoms with Crippen molar-refractivity contribution in [1.29, 1.82) is 0 Å². The van der Waals surface area contributed by atoms with Crippen molar-refractivity contribution in [3.05, 3.63) is 24.3 Å². The van der Waals surface area contributed by atoms with Gasteiger partial charge in [-0.25, -0.2) is 0 Å². The van der Waals surface area contributed by atoms with Gasteiger partial charge in [0.1, 0.15) is 0 Å². The first-order chi connectivity index (χ1) is 10.0. The van der Waals surface area contributed by atoms with Gasteiger partial charge in [0, 0.05) is 6.04 Å². The lowest BCUT2D eigenvalue weighted by Gasteiger charge is -2.31. The molecule has 1 atom stereocenters. The van der Waals surface area contributed by atoms with Crippen molar-refractivity contribution in [1.82, 2.24) is 5.32 Å². The Bertz CT molecular complexity index is 435. The van der Waals surface area contributed by atoms with Gasteiger partial charge in [0.2, 0.25) is 0 Å². The fraction of sp³-hybridized carbons (Fsp3) is 0.667. The molecule has 0 aromatic heterocycles. The molecule has 0 heterocycles. The Kier molecular flexibility index (Phi) is 5.51. The summed E-state index contributed by atoms with van der Waals surface area (Å²) in [4.78, 5) is 0. The minimum Gasteiger partial charge on any atom is -0.493 e. The zero-order valence-electron chi connectivity index (χ0n) is 13.8. The third-order valence-corrected chi connectivity index (χ3v) is 4.25. The summed E-state index contributed by atoms with van der Waals surface area (Å²) in [5.41, 5.74) is 0.298. The highest BCUT2D eigenvalue weighted by atomic mass is 16.5. The summed E-state index contributed by atoms with van der Waals surface area (Å²) >= 11 is 0. The van der Waals surface area contributed by atoms with Crippen molar-refractivity contribution in [2.24, 2.45) is 11.3 Å². The average Bonchev–Trinajstić information content (AvgIpc) is 3.25. The van der Waals surface area contributed by atoms with Crippen LogP contribution in [0.25, 0.3) is 0 Å². The van der Waals surface area contributed by atoms with Gasteiger partial charge in [0.05, 0.1) is 13.7 Å². The van der Waals surface area contributed by atoms with Gasteiger partial charge in [0.15, 0.2) is 11.5 Å². The quantitative estimate of drug-likeness (QED) is 0.788. The van der Waals surface area contributed by atoms with E-state index in [2.05, 4.69) is 26.1 Å². The number of hydrogen-bond donors (Lipinski definition) is 1. The van der Waals surface area contributed by atoms with E-state index >= 15 is 0 Å². The van der Waals surface area contributed by atoms with E-state index in [0.717, 1.165) is 37.1 Å². The molecule has 1 saturated carbocycles. The van der Waals surface area contributed by atoms with E-state index in [0.29, 0.717) is 11.3 Å². The molecule has 118 valence electrons. The molecule has 3 heteroatoms. The number of ether oxygens (including phenoxy) is 2. The smallest absolute Gasteiger partial charge is 0.161 e. The third-order valence-electron chi connectivity index (χ3n) is 4.25. The van der Waals surface area contributed by atoms with E-state index in [1.807, 2.05) is 24.3 Å². The van der Waals surface area contributed by atoms with E-state index in [1.54, 1.807) is 7.11 Å². The lowest BCUT2D eigenvalue weighted by molar-refractivity contribution is 0.177. The first kappa shape index (κ1) is 16.2. The molecule has 2 rings (SSSR count). The fourth-order valence-corrected chi connectivity index (χ4v) is 2.49. The standard InChI is InChI=1S/C18H29NO2/c1-18(2,3)14(13-19-15-9-10-15)11-12-21-17-8-6-5-7-16(17)20-4/h5-8,14-15,19H,9-13H2,1-4H3. The molecule has 1 unspecified atom stereocenters. The molecule has 1 fully saturated rings. The molecular formula is C18H29NO2. The Morgan fingerprint density at radius 2 is 1.86 bits per heavy atom. The van der Waals surface area contributed by atoms with Crippen LogP contribution in [0.1, 0.15) is 40.0 Å².